The third-order valence-electron chi connectivity index (χ3n) is 4.59. The molecule has 2 aromatic carbocycles. The Bertz CT molecular complexity index is 825. The van der Waals surface area contributed by atoms with Crippen molar-refractivity contribution in [1.29, 1.82) is 0 Å². The van der Waals surface area contributed by atoms with Gasteiger partial charge in [-0.1, -0.05) is 29.8 Å². The highest BCUT2D eigenvalue weighted by Gasteiger charge is 2.29. The van der Waals surface area contributed by atoms with Crippen molar-refractivity contribution in [2.75, 3.05) is 20.2 Å². The Morgan fingerprint density at radius 1 is 1.04 bits per heavy atom. The molecule has 1 fully saturated rings. The first kappa shape index (κ1) is 18.7. The molecule has 0 saturated carbocycles. The molecule has 1 saturated heterocycles. The number of hydrogen-bond donors (Lipinski definition) is 0. The molecule has 0 aliphatic carbocycles. The van der Waals surface area contributed by atoms with Crippen LogP contribution in [0, 0.1) is 6.92 Å². The number of hydrogen-bond acceptors (Lipinski definition) is 4. The minimum atomic E-state index is -3.30. The van der Waals surface area contributed by atoms with Gasteiger partial charge in [0, 0.05) is 13.1 Å². The van der Waals surface area contributed by atoms with Gasteiger partial charge in [-0.3, -0.25) is 0 Å². The SMILES string of the molecule is COc1ccc(OC2CCN(S(=O)(=O)Cc3cccc(C)c3)CC2)cc1. The Balaban J connectivity index is 1.55. The van der Waals surface area contributed by atoms with Crippen molar-refractivity contribution in [3.8, 4) is 11.5 Å². The molecule has 0 amide bonds. The predicted molar refractivity (Wildman–Crippen MR) is 102 cm³/mol. The van der Waals surface area contributed by atoms with Crippen LogP contribution in [0.5, 0.6) is 11.5 Å². The highest BCUT2D eigenvalue weighted by atomic mass is 32.2. The molecule has 2 aromatic rings. The Labute approximate surface area is 155 Å². The zero-order valence-corrected chi connectivity index (χ0v) is 16.0. The highest BCUT2D eigenvalue weighted by molar-refractivity contribution is 7.88. The lowest BCUT2D eigenvalue weighted by atomic mass is 10.1. The fourth-order valence-corrected chi connectivity index (χ4v) is 4.73. The van der Waals surface area contributed by atoms with E-state index < -0.39 is 10.0 Å². The number of piperidine rings is 1. The minimum absolute atomic E-state index is 0.0359. The molecule has 140 valence electrons. The number of sulfonamides is 1. The molecule has 1 aliphatic heterocycles. The van der Waals surface area contributed by atoms with Gasteiger partial charge in [-0.05, 0) is 49.6 Å². The third-order valence-corrected chi connectivity index (χ3v) is 6.44. The van der Waals surface area contributed by atoms with Gasteiger partial charge in [-0.25, -0.2) is 12.7 Å². The van der Waals surface area contributed by atoms with E-state index in [9.17, 15) is 8.42 Å². The maximum atomic E-state index is 12.7. The van der Waals surface area contributed by atoms with Crippen LogP contribution in [-0.2, 0) is 15.8 Å². The number of methoxy groups -OCH3 is 1. The zero-order valence-electron chi connectivity index (χ0n) is 15.2. The van der Waals surface area contributed by atoms with Crippen LogP contribution in [-0.4, -0.2) is 39.0 Å². The van der Waals surface area contributed by atoms with Gasteiger partial charge in [-0.2, -0.15) is 0 Å². The summed E-state index contributed by atoms with van der Waals surface area (Å²) >= 11 is 0. The summed E-state index contributed by atoms with van der Waals surface area (Å²) < 4.78 is 38.0. The Kier molecular flexibility index (Phi) is 5.84. The van der Waals surface area contributed by atoms with Crippen LogP contribution >= 0.6 is 0 Å². The summed E-state index contributed by atoms with van der Waals surface area (Å²) in [5, 5.41) is 0. The molecule has 6 heteroatoms. The third kappa shape index (κ3) is 4.77. The second kappa shape index (κ2) is 8.10. The molecule has 0 bridgehead atoms. The summed E-state index contributed by atoms with van der Waals surface area (Å²) in [5.41, 5.74) is 1.91. The summed E-state index contributed by atoms with van der Waals surface area (Å²) in [7, 11) is -1.67. The van der Waals surface area contributed by atoms with Crippen LogP contribution in [0.1, 0.15) is 24.0 Å². The molecule has 5 nitrogen and oxygen atoms in total. The van der Waals surface area contributed by atoms with Crippen molar-refractivity contribution in [1.82, 2.24) is 4.31 Å². The number of nitrogens with zero attached hydrogens (tertiary/aromatic N) is 1. The van der Waals surface area contributed by atoms with Crippen LogP contribution in [0.15, 0.2) is 48.5 Å². The normalized spacial score (nSPS) is 16.4. The van der Waals surface area contributed by atoms with E-state index in [4.69, 9.17) is 9.47 Å². The first-order valence-electron chi connectivity index (χ1n) is 8.80. The molecule has 0 aromatic heterocycles. The Morgan fingerprint density at radius 2 is 1.69 bits per heavy atom. The second-order valence-corrected chi connectivity index (χ2v) is 8.61. The van der Waals surface area contributed by atoms with Crippen LogP contribution in [0.2, 0.25) is 0 Å². The predicted octanol–water partition coefficient (Wildman–Crippen LogP) is 3.38. The molecule has 0 spiro atoms. The fraction of sp³-hybridized carbons (Fsp3) is 0.400. The standard InChI is InChI=1S/C20H25NO4S/c1-16-4-3-5-17(14-16)15-26(22,23)21-12-10-20(11-13-21)25-19-8-6-18(24-2)7-9-19/h3-9,14,20H,10-13,15H2,1-2H3. The molecule has 1 heterocycles. The fourth-order valence-electron chi connectivity index (χ4n) is 3.18. The van der Waals surface area contributed by atoms with Crippen LogP contribution < -0.4 is 9.47 Å². The van der Waals surface area contributed by atoms with Crippen molar-refractivity contribution >= 4 is 10.0 Å². The van der Waals surface area contributed by atoms with Gasteiger partial charge in [0.05, 0.1) is 12.9 Å². The van der Waals surface area contributed by atoms with Crippen molar-refractivity contribution in [3.63, 3.8) is 0 Å². The summed E-state index contributed by atoms with van der Waals surface area (Å²) in [6.07, 6.45) is 1.42. The van der Waals surface area contributed by atoms with E-state index in [1.807, 2.05) is 55.5 Å². The molecule has 0 atom stereocenters. The van der Waals surface area contributed by atoms with Gasteiger partial charge >= 0.3 is 0 Å². The quantitative estimate of drug-likeness (QED) is 0.777. The highest BCUT2D eigenvalue weighted by Crippen LogP contribution is 2.24. The molecular weight excluding hydrogens is 350 g/mol. The van der Waals surface area contributed by atoms with Crippen LogP contribution in [0.4, 0.5) is 0 Å². The first-order valence-corrected chi connectivity index (χ1v) is 10.4. The largest absolute Gasteiger partial charge is 0.497 e. The van der Waals surface area contributed by atoms with E-state index in [0.29, 0.717) is 25.9 Å². The number of ether oxygens (including phenoxy) is 2. The topological polar surface area (TPSA) is 55.8 Å². The van der Waals surface area contributed by atoms with Gasteiger partial charge in [-0.15, -0.1) is 0 Å². The Morgan fingerprint density at radius 3 is 2.31 bits per heavy atom. The average molecular weight is 375 g/mol. The first-order chi connectivity index (χ1) is 12.5. The van der Waals surface area contributed by atoms with E-state index in [1.165, 1.54) is 0 Å². The summed E-state index contributed by atoms with van der Waals surface area (Å²) in [4.78, 5) is 0. The average Bonchev–Trinajstić information content (AvgIpc) is 2.62. The maximum Gasteiger partial charge on any atom is 0.218 e. The summed E-state index contributed by atoms with van der Waals surface area (Å²) in [6, 6.07) is 15.1. The molecule has 0 radical (unpaired) electrons. The lowest BCUT2D eigenvalue weighted by Crippen LogP contribution is -2.42. The van der Waals surface area contributed by atoms with E-state index in [-0.39, 0.29) is 11.9 Å². The van der Waals surface area contributed by atoms with Crippen molar-refractivity contribution in [3.05, 3.63) is 59.7 Å². The monoisotopic (exact) mass is 375 g/mol. The van der Waals surface area contributed by atoms with E-state index in [0.717, 1.165) is 22.6 Å². The van der Waals surface area contributed by atoms with Gasteiger partial charge in [0.1, 0.15) is 17.6 Å². The van der Waals surface area contributed by atoms with Crippen LogP contribution in [0.3, 0.4) is 0 Å². The van der Waals surface area contributed by atoms with Gasteiger partial charge < -0.3 is 9.47 Å². The van der Waals surface area contributed by atoms with E-state index in [2.05, 4.69) is 0 Å². The smallest absolute Gasteiger partial charge is 0.218 e. The minimum Gasteiger partial charge on any atom is -0.497 e. The summed E-state index contributed by atoms with van der Waals surface area (Å²) in [6.45, 7) is 2.96. The van der Waals surface area contributed by atoms with E-state index in [1.54, 1.807) is 11.4 Å². The number of benzene rings is 2. The summed E-state index contributed by atoms with van der Waals surface area (Å²) in [5.74, 6) is 1.62. The van der Waals surface area contributed by atoms with Crippen molar-refractivity contribution in [2.45, 2.75) is 31.6 Å². The molecule has 0 N–H and O–H groups in total. The zero-order chi connectivity index (χ0) is 18.6. The molecular formula is C20H25NO4S. The van der Waals surface area contributed by atoms with Crippen molar-refractivity contribution < 1.29 is 17.9 Å². The van der Waals surface area contributed by atoms with Crippen molar-refractivity contribution in [2.24, 2.45) is 0 Å². The lowest BCUT2D eigenvalue weighted by molar-refractivity contribution is 0.135. The van der Waals surface area contributed by atoms with Gasteiger partial charge in [0.2, 0.25) is 10.0 Å². The van der Waals surface area contributed by atoms with Gasteiger partial charge in [0.25, 0.3) is 0 Å². The Hall–Kier alpha value is -2.05. The lowest BCUT2D eigenvalue weighted by Gasteiger charge is -2.31. The number of aryl methyl sites for hydroxylation is 1. The van der Waals surface area contributed by atoms with Gasteiger partial charge in [0.15, 0.2) is 0 Å². The molecule has 3 rings (SSSR count). The molecule has 1 aliphatic rings. The molecule has 26 heavy (non-hydrogen) atoms. The maximum absolute atomic E-state index is 12.7. The number of rotatable bonds is 6. The second-order valence-electron chi connectivity index (χ2n) is 6.64. The van der Waals surface area contributed by atoms with Crippen LogP contribution in [0.25, 0.3) is 0 Å². The molecule has 0 unspecified atom stereocenters. The van der Waals surface area contributed by atoms with E-state index >= 15 is 0 Å².